The highest BCUT2D eigenvalue weighted by molar-refractivity contribution is 5.98. The van der Waals surface area contributed by atoms with Gasteiger partial charge in [-0.1, -0.05) is 194 Å². The Morgan fingerprint density at radius 2 is 0.476 bits per heavy atom. The van der Waals surface area contributed by atoms with Crippen LogP contribution in [0.1, 0.15) is 22.3 Å². The van der Waals surface area contributed by atoms with E-state index >= 15 is 0 Å². The molecular weight excluding hydrogens is 761 g/mol. The van der Waals surface area contributed by atoms with Crippen LogP contribution >= 0.6 is 0 Å². The topological polar surface area (TPSA) is 6.48 Å². The average molecular weight is 803 g/mol. The minimum Gasteiger partial charge on any atom is -0.310 e. The van der Waals surface area contributed by atoms with Crippen molar-refractivity contribution in [3.8, 4) is 44.5 Å². The molecule has 0 fully saturated rings. The first kappa shape index (κ1) is 36.6. The number of fused-ring (bicyclic) bond motifs is 8. The molecule has 0 atom stereocenters. The lowest BCUT2D eigenvalue weighted by Gasteiger charge is -2.51. The van der Waals surface area contributed by atoms with Gasteiger partial charge < -0.3 is 9.80 Å². The summed E-state index contributed by atoms with van der Waals surface area (Å²) in [7, 11) is 0. The van der Waals surface area contributed by atoms with Gasteiger partial charge in [-0.3, -0.25) is 0 Å². The summed E-state index contributed by atoms with van der Waals surface area (Å²) in [5.74, 6) is 0. The van der Waals surface area contributed by atoms with Gasteiger partial charge in [-0.2, -0.15) is 0 Å². The Kier molecular flexibility index (Phi) is 8.76. The van der Waals surface area contributed by atoms with Crippen molar-refractivity contribution in [1.82, 2.24) is 0 Å². The molecule has 0 amide bonds. The van der Waals surface area contributed by atoms with Crippen molar-refractivity contribution in [1.29, 1.82) is 0 Å². The summed E-state index contributed by atoms with van der Waals surface area (Å²) >= 11 is 0. The summed E-state index contributed by atoms with van der Waals surface area (Å²) in [4.78, 5) is 4.97. The van der Waals surface area contributed by atoms with Crippen molar-refractivity contribution >= 4 is 34.1 Å². The molecule has 10 aromatic carbocycles. The summed E-state index contributed by atoms with van der Waals surface area (Å²) in [5, 5.41) is 0. The Hall–Kier alpha value is -8.20. The van der Waals surface area contributed by atoms with E-state index < -0.39 is 5.41 Å². The number of rotatable bonds is 6. The van der Waals surface area contributed by atoms with Crippen LogP contribution in [0, 0.1) is 0 Å². The van der Waals surface area contributed by atoms with E-state index in [9.17, 15) is 0 Å². The van der Waals surface area contributed by atoms with Gasteiger partial charge in [0.05, 0.1) is 28.2 Å². The van der Waals surface area contributed by atoms with Crippen molar-refractivity contribution in [2.45, 2.75) is 5.41 Å². The van der Waals surface area contributed by atoms with E-state index in [0.29, 0.717) is 0 Å². The second-order valence-electron chi connectivity index (χ2n) is 16.5. The van der Waals surface area contributed by atoms with Gasteiger partial charge in [-0.25, -0.2) is 0 Å². The number of anilines is 6. The first-order valence-corrected chi connectivity index (χ1v) is 21.8. The van der Waals surface area contributed by atoms with Gasteiger partial charge in [0.15, 0.2) is 0 Å². The molecule has 0 aliphatic carbocycles. The Bertz CT molecular complexity index is 3030. The molecule has 2 nitrogen and oxygen atoms in total. The first-order valence-electron chi connectivity index (χ1n) is 21.8. The second-order valence-corrected chi connectivity index (χ2v) is 16.5. The molecule has 12 rings (SSSR count). The highest BCUT2D eigenvalue weighted by Gasteiger charge is 2.52. The van der Waals surface area contributed by atoms with E-state index in [4.69, 9.17) is 0 Å². The molecular formula is C61H42N2. The van der Waals surface area contributed by atoms with Crippen LogP contribution in [0.2, 0.25) is 0 Å². The van der Waals surface area contributed by atoms with Gasteiger partial charge in [-0.15, -0.1) is 0 Å². The maximum atomic E-state index is 2.48. The van der Waals surface area contributed by atoms with Crippen molar-refractivity contribution in [2.75, 3.05) is 9.80 Å². The Balaban J connectivity index is 1.15. The largest absolute Gasteiger partial charge is 0.310 e. The van der Waals surface area contributed by atoms with Crippen LogP contribution in [0.25, 0.3) is 44.5 Å². The molecule has 2 heteroatoms. The number of hydrogen-bond acceptors (Lipinski definition) is 2. The standard InChI is InChI=1S/C61H42N2/c1-5-17-43(18-6-1)47-29-35-51(36-30-47)62-57-27-15-13-25-53(57)61(55-41-49(33-39-59(55)62)45-21-9-3-10-22-45)54-26-14-16-28-58(54)63(52-37-31-48(32-38-52)44-19-7-2-8-20-44)60-40-34-50(42-56(60)61)46-23-11-4-12-24-46/h1-42H. The van der Waals surface area contributed by atoms with E-state index in [0.717, 1.165) is 34.1 Å². The third-order valence-electron chi connectivity index (χ3n) is 13.1. The van der Waals surface area contributed by atoms with Gasteiger partial charge >= 0.3 is 0 Å². The minimum atomic E-state index is -0.700. The van der Waals surface area contributed by atoms with Crippen LogP contribution < -0.4 is 9.80 Å². The van der Waals surface area contributed by atoms with E-state index in [1.807, 2.05) is 0 Å². The summed E-state index contributed by atoms with van der Waals surface area (Å²) in [6, 6.07) is 93.6. The van der Waals surface area contributed by atoms with E-state index in [1.165, 1.54) is 66.8 Å². The summed E-state index contributed by atoms with van der Waals surface area (Å²) in [5.41, 5.74) is 20.7. The van der Waals surface area contributed by atoms with Crippen LogP contribution in [0.4, 0.5) is 34.1 Å². The SMILES string of the molecule is c1ccc(-c2ccc(N3c4ccccc4C4(c5ccccc5N(c5ccc(-c6ccccc6)cc5)c5ccc(-c6ccccc6)cc54)c4cc(-c5ccccc5)ccc43)cc2)cc1. The van der Waals surface area contributed by atoms with Crippen LogP contribution in [0.15, 0.2) is 255 Å². The molecule has 0 aromatic heterocycles. The lowest BCUT2D eigenvalue weighted by Crippen LogP contribution is -2.42. The predicted molar refractivity (Wildman–Crippen MR) is 263 cm³/mol. The fourth-order valence-corrected chi connectivity index (χ4v) is 10.2. The zero-order chi connectivity index (χ0) is 41.7. The molecule has 0 saturated heterocycles. The predicted octanol–water partition coefficient (Wildman–Crippen LogP) is 16.3. The maximum Gasteiger partial charge on any atom is 0.0783 e. The number of para-hydroxylation sites is 2. The second kappa shape index (κ2) is 15.1. The zero-order valence-electron chi connectivity index (χ0n) is 34.6. The van der Waals surface area contributed by atoms with Crippen molar-refractivity contribution in [3.63, 3.8) is 0 Å². The highest BCUT2D eigenvalue weighted by atomic mass is 15.2. The Morgan fingerprint density at radius 3 is 0.841 bits per heavy atom. The van der Waals surface area contributed by atoms with Crippen molar-refractivity contribution < 1.29 is 0 Å². The molecule has 2 aliphatic heterocycles. The maximum absolute atomic E-state index is 2.48. The molecule has 0 unspecified atom stereocenters. The molecule has 296 valence electrons. The zero-order valence-corrected chi connectivity index (χ0v) is 34.6. The molecule has 0 bridgehead atoms. The molecule has 2 aliphatic rings. The molecule has 2 heterocycles. The lowest BCUT2D eigenvalue weighted by molar-refractivity contribution is 0.719. The van der Waals surface area contributed by atoms with Gasteiger partial charge in [0, 0.05) is 11.4 Å². The average Bonchev–Trinajstić information content (AvgIpc) is 3.37. The molecule has 0 saturated carbocycles. The molecule has 10 aromatic rings. The van der Waals surface area contributed by atoms with Gasteiger partial charge in [-0.05, 0) is 127 Å². The molecule has 0 N–H and O–H groups in total. The smallest absolute Gasteiger partial charge is 0.0783 e. The van der Waals surface area contributed by atoms with Crippen LogP contribution in [0.3, 0.4) is 0 Å². The summed E-state index contributed by atoms with van der Waals surface area (Å²) < 4.78 is 0. The Labute approximate surface area is 369 Å². The number of nitrogens with zero attached hydrogens (tertiary/aromatic N) is 2. The van der Waals surface area contributed by atoms with Crippen molar-refractivity contribution in [3.05, 3.63) is 277 Å². The molecule has 1 spiro atoms. The fraction of sp³-hybridized carbons (Fsp3) is 0.0164. The van der Waals surface area contributed by atoms with Gasteiger partial charge in [0.2, 0.25) is 0 Å². The fourth-order valence-electron chi connectivity index (χ4n) is 10.2. The quantitative estimate of drug-likeness (QED) is 0.165. The van der Waals surface area contributed by atoms with Crippen LogP contribution in [-0.2, 0) is 5.41 Å². The Morgan fingerprint density at radius 1 is 0.206 bits per heavy atom. The first-order chi connectivity index (χ1) is 31.3. The van der Waals surface area contributed by atoms with Crippen LogP contribution in [-0.4, -0.2) is 0 Å². The summed E-state index contributed by atoms with van der Waals surface area (Å²) in [6.07, 6.45) is 0. The number of benzene rings is 10. The van der Waals surface area contributed by atoms with E-state index in [2.05, 4.69) is 265 Å². The lowest BCUT2D eigenvalue weighted by atomic mass is 9.59. The van der Waals surface area contributed by atoms with Crippen molar-refractivity contribution in [2.24, 2.45) is 0 Å². The third kappa shape index (κ3) is 5.95. The molecule has 63 heavy (non-hydrogen) atoms. The summed E-state index contributed by atoms with van der Waals surface area (Å²) in [6.45, 7) is 0. The van der Waals surface area contributed by atoms with Gasteiger partial charge in [0.1, 0.15) is 0 Å². The minimum absolute atomic E-state index is 0.700. The third-order valence-corrected chi connectivity index (χ3v) is 13.1. The van der Waals surface area contributed by atoms with Crippen LogP contribution in [0.5, 0.6) is 0 Å². The number of hydrogen-bond donors (Lipinski definition) is 0. The molecule has 0 radical (unpaired) electrons. The van der Waals surface area contributed by atoms with E-state index in [-0.39, 0.29) is 0 Å². The normalized spacial score (nSPS) is 13.1. The highest BCUT2D eigenvalue weighted by Crippen LogP contribution is 2.64. The van der Waals surface area contributed by atoms with Gasteiger partial charge in [0.25, 0.3) is 0 Å². The monoisotopic (exact) mass is 802 g/mol. The van der Waals surface area contributed by atoms with E-state index in [1.54, 1.807) is 0 Å².